The average molecular weight is 416 g/mol. The molecule has 2 aromatic rings. The number of hydrogen-bond acceptors (Lipinski definition) is 5. The van der Waals surface area contributed by atoms with Crippen LogP contribution in [0.25, 0.3) is 0 Å². The van der Waals surface area contributed by atoms with Crippen LogP contribution in [-0.4, -0.2) is 27.6 Å². The number of hydrogen-bond donors (Lipinski definition) is 1. The molecule has 1 aromatic carbocycles. The van der Waals surface area contributed by atoms with E-state index in [-0.39, 0.29) is 38.8 Å². The van der Waals surface area contributed by atoms with Gasteiger partial charge >= 0.3 is 0 Å². The van der Waals surface area contributed by atoms with Crippen molar-refractivity contribution in [1.82, 2.24) is 15.0 Å². The van der Waals surface area contributed by atoms with E-state index in [1.165, 1.54) is 11.1 Å². The van der Waals surface area contributed by atoms with Crippen LogP contribution in [-0.2, 0) is 32.7 Å². The van der Waals surface area contributed by atoms with E-state index in [9.17, 15) is 0 Å². The topological polar surface area (TPSA) is 59.9 Å². The van der Waals surface area contributed by atoms with Gasteiger partial charge in [0, 0.05) is 38.5 Å². The molecule has 1 unspecified atom stereocenters. The summed E-state index contributed by atoms with van der Waals surface area (Å²) in [7, 11) is 0. The fourth-order valence-electron chi connectivity index (χ4n) is 2.43. The van der Waals surface area contributed by atoms with E-state index in [4.69, 9.17) is 4.74 Å². The summed E-state index contributed by atoms with van der Waals surface area (Å²) in [5, 5.41) is 3.36. The van der Waals surface area contributed by atoms with Gasteiger partial charge in [0.25, 0.3) is 0 Å². The number of benzene rings is 1. The van der Waals surface area contributed by atoms with Crippen LogP contribution in [0.1, 0.15) is 50.0 Å². The van der Waals surface area contributed by atoms with Crippen molar-refractivity contribution >= 4 is 5.95 Å². The summed E-state index contributed by atoms with van der Waals surface area (Å²) in [5.74, 6) is 4.03. The molecule has 0 fully saturated rings. The van der Waals surface area contributed by atoms with Crippen molar-refractivity contribution in [3.8, 4) is 5.75 Å². The molecule has 1 aromatic heterocycles. The quantitative estimate of drug-likeness (QED) is 0.691. The molecule has 0 spiro atoms. The Kier molecular flexibility index (Phi) is 8.80. The molecular weight excluding hydrogens is 389 g/mol. The third-order valence-corrected chi connectivity index (χ3v) is 3.67. The van der Waals surface area contributed by atoms with Gasteiger partial charge in [0.1, 0.15) is 18.2 Å². The van der Waals surface area contributed by atoms with Gasteiger partial charge in [-0.2, -0.15) is 18.8 Å². The second-order valence-electron chi connectivity index (χ2n) is 6.41. The maximum Gasteiger partial charge on any atom is 0.223 e. The van der Waals surface area contributed by atoms with Gasteiger partial charge in [-0.3, -0.25) is 4.98 Å². The zero-order valence-corrected chi connectivity index (χ0v) is 18.9. The van der Waals surface area contributed by atoms with Crippen molar-refractivity contribution in [2.45, 2.75) is 54.0 Å². The first kappa shape index (κ1) is 21.8. The van der Waals surface area contributed by atoms with Gasteiger partial charge in [-0.15, -0.1) is 0 Å². The number of ether oxygens (including phenoxy) is 1. The summed E-state index contributed by atoms with van der Waals surface area (Å²) in [4.78, 5) is 13.2. The molecule has 0 aliphatic rings. The fraction of sp³-hybridized carbons (Fsp3) is 0.474. The molecule has 1 heterocycles. The first-order valence-corrected chi connectivity index (χ1v) is 8.38. The van der Waals surface area contributed by atoms with Crippen LogP contribution < -0.4 is 10.1 Å². The molecule has 2 rings (SSSR count). The molecule has 5 nitrogen and oxygen atoms in total. The smallest absolute Gasteiger partial charge is 0.223 e. The molecule has 1 atom stereocenters. The molecule has 0 aliphatic heterocycles. The monoisotopic (exact) mass is 416 g/mol. The zero-order valence-electron chi connectivity index (χ0n) is 16.1. The molecule has 25 heavy (non-hydrogen) atoms. The second kappa shape index (κ2) is 10.1. The van der Waals surface area contributed by atoms with Crippen LogP contribution in [0.5, 0.6) is 5.75 Å². The van der Waals surface area contributed by atoms with Gasteiger partial charge in [0.15, 0.2) is 0 Å². The molecule has 0 saturated heterocycles. The summed E-state index contributed by atoms with van der Waals surface area (Å²) >= 11 is 0. The van der Waals surface area contributed by atoms with E-state index in [1.807, 2.05) is 20.8 Å². The van der Waals surface area contributed by atoms with Gasteiger partial charge in [-0.1, -0.05) is 13.0 Å². The van der Waals surface area contributed by atoms with Gasteiger partial charge in [-0.25, -0.2) is 4.98 Å². The Morgan fingerprint density at radius 3 is 2.24 bits per heavy atom. The SMILES string of the molecule is CCC(COc1cc(C)cc(C)c1)Nc1nc(C)nc([C-](C)C)n1.[Y]. The van der Waals surface area contributed by atoms with Crippen LogP contribution >= 0.6 is 0 Å². The first-order chi connectivity index (χ1) is 11.4. The Bertz CT molecular complexity index is 671. The Balaban J connectivity index is 0.00000312. The number of rotatable bonds is 7. The minimum Gasteiger partial charge on any atom is -0.491 e. The van der Waals surface area contributed by atoms with Crippen molar-refractivity contribution in [3.63, 3.8) is 0 Å². The van der Waals surface area contributed by atoms with Gasteiger partial charge < -0.3 is 16.0 Å². The summed E-state index contributed by atoms with van der Waals surface area (Å²) in [6, 6.07) is 6.39. The first-order valence-electron chi connectivity index (χ1n) is 8.38. The van der Waals surface area contributed by atoms with Crippen LogP contribution in [0.2, 0.25) is 0 Å². The van der Waals surface area contributed by atoms with Gasteiger partial charge in [0.2, 0.25) is 5.95 Å². The van der Waals surface area contributed by atoms with Crippen LogP contribution in [0.3, 0.4) is 0 Å². The Hall–Kier alpha value is -1.20. The number of aromatic nitrogens is 3. The Morgan fingerprint density at radius 2 is 1.68 bits per heavy atom. The average Bonchev–Trinajstić information content (AvgIpc) is 2.49. The van der Waals surface area contributed by atoms with Crippen LogP contribution in [0, 0.1) is 26.7 Å². The number of anilines is 1. The summed E-state index contributed by atoms with van der Waals surface area (Å²) < 4.78 is 5.96. The van der Waals surface area contributed by atoms with E-state index >= 15 is 0 Å². The minimum atomic E-state index is 0. The molecule has 0 amide bonds. The van der Waals surface area contributed by atoms with Crippen molar-refractivity contribution in [2.75, 3.05) is 11.9 Å². The van der Waals surface area contributed by atoms with Gasteiger partial charge in [0.05, 0.1) is 6.04 Å². The maximum atomic E-state index is 5.96. The largest absolute Gasteiger partial charge is 0.491 e. The van der Waals surface area contributed by atoms with Crippen molar-refractivity contribution in [1.29, 1.82) is 0 Å². The molecule has 0 saturated carbocycles. The number of aryl methyl sites for hydroxylation is 3. The predicted octanol–water partition coefficient (Wildman–Crippen LogP) is 4.03. The molecule has 1 radical (unpaired) electrons. The van der Waals surface area contributed by atoms with E-state index in [0.29, 0.717) is 18.4 Å². The van der Waals surface area contributed by atoms with E-state index in [1.54, 1.807) is 0 Å². The van der Waals surface area contributed by atoms with E-state index in [2.05, 4.69) is 59.2 Å². The Labute approximate surface area is 176 Å². The van der Waals surface area contributed by atoms with Crippen LogP contribution in [0.15, 0.2) is 18.2 Å². The third kappa shape index (κ3) is 6.91. The van der Waals surface area contributed by atoms with Gasteiger partial charge in [-0.05, 0) is 50.5 Å². The van der Waals surface area contributed by atoms with Crippen molar-refractivity contribution < 1.29 is 37.4 Å². The maximum absolute atomic E-state index is 5.96. The number of nitrogens with one attached hydrogen (secondary N) is 1. The Morgan fingerprint density at radius 1 is 1.04 bits per heavy atom. The van der Waals surface area contributed by atoms with Crippen LogP contribution in [0.4, 0.5) is 5.95 Å². The minimum absolute atomic E-state index is 0. The third-order valence-electron chi connectivity index (χ3n) is 3.67. The fourth-order valence-corrected chi connectivity index (χ4v) is 2.43. The predicted molar refractivity (Wildman–Crippen MR) is 97.4 cm³/mol. The normalized spacial score (nSPS) is 11.4. The molecule has 0 bridgehead atoms. The molecule has 6 heteroatoms. The second-order valence-corrected chi connectivity index (χ2v) is 6.41. The zero-order chi connectivity index (χ0) is 17.7. The van der Waals surface area contributed by atoms with Crippen molar-refractivity contribution in [2.24, 2.45) is 0 Å². The van der Waals surface area contributed by atoms with Crippen molar-refractivity contribution in [3.05, 3.63) is 46.9 Å². The standard InChI is InChI=1S/C19H27N4O.Y/c1-7-16(11-24-17-9-13(4)8-14(5)10-17)22-19-21-15(6)20-18(23-19)12(2)3;/h8-10,16H,7,11H2,1-6H3,(H,20,21,22,23);/q-1;. The summed E-state index contributed by atoms with van der Waals surface area (Å²) in [6.07, 6.45) is 0.916. The van der Waals surface area contributed by atoms with E-state index < -0.39 is 0 Å². The summed E-state index contributed by atoms with van der Waals surface area (Å²) in [6.45, 7) is 12.7. The molecule has 0 aliphatic carbocycles. The number of nitrogens with zero attached hydrogens (tertiary/aromatic N) is 3. The molecular formula is C19H27N4OY-. The summed E-state index contributed by atoms with van der Waals surface area (Å²) in [5.41, 5.74) is 2.41. The molecule has 1 N–H and O–H groups in total. The molecule has 133 valence electrons. The van der Waals surface area contributed by atoms with E-state index in [0.717, 1.165) is 23.9 Å².